The maximum atomic E-state index is 11.3. The minimum Gasteiger partial charge on any atom is -0.478 e. The topological polar surface area (TPSA) is 92.5 Å². The van der Waals surface area contributed by atoms with E-state index >= 15 is 0 Å². The summed E-state index contributed by atoms with van der Waals surface area (Å²) in [7, 11) is 0. The van der Waals surface area contributed by atoms with Gasteiger partial charge in [0.15, 0.2) is 0 Å². The Balaban J connectivity index is 2.59. The van der Waals surface area contributed by atoms with E-state index in [1.807, 2.05) is 32.0 Å². The zero-order valence-electron chi connectivity index (χ0n) is 11.6. The van der Waals surface area contributed by atoms with E-state index in [4.69, 9.17) is 0 Å². The number of benzene rings is 2. The van der Waals surface area contributed by atoms with Crippen LogP contribution in [0.25, 0.3) is 0 Å². The molecule has 0 aromatic heterocycles. The Labute approximate surface area is 121 Å². The highest BCUT2D eigenvalue weighted by molar-refractivity contribution is 5.98. The van der Waals surface area contributed by atoms with Crippen LogP contribution in [0.1, 0.15) is 21.5 Å². The second-order valence-corrected chi connectivity index (χ2v) is 4.71. The summed E-state index contributed by atoms with van der Waals surface area (Å²) in [6.45, 7) is 3.74. The SMILES string of the molecule is Cc1ccc(C)c(Nc2c(C(=O)O)cccc2[N+](=O)[O-])c1. The summed E-state index contributed by atoms with van der Waals surface area (Å²) in [4.78, 5) is 21.8. The molecule has 108 valence electrons. The quantitative estimate of drug-likeness (QED) is 0.661. The van der Waals surface area contributed by atoms with Gasteiger partial charge in [0.05, 0.1) is 10.5 Å². The predicted octanol–water partition coefficient (Wildman–Crippen LogP) is 3.65. The number of para-hydroxylation sites is 1. The van der Waals surface area contributed by atoms with Crippen LogP contribution in [0.3, 0.4) is 0 Å². The standard InChI is InChI=1S/C15H14N2O4/c1-9-6-7-10(2)12(8-9)16-14-11(15(18)19)4-3-5-13(14)17(20)21/h3-8,16H,1-2H3,(H,18,19). The molecule has 0 saturated heterocycles. The van der Waals surface area contributed by atoms with Crippen molar-refractivity contribution >= 4 is 23.0 Å². The van der Waals surface area contributed by atoms with Gasteiger partial charge in [0, 0.05) is 11.8 Å². The summed E-state index contributed by atoms with van der Waals surface area (Å²) >= 11 is 0. The third-order valence-electron chi connectivity index (χ3n) is 3.12. The molecule has 0 aliphatic rings. The van der Waals surface area contributed by atoms with Crippen molar-refractivity contribution in [1.82, 2.24) is 0 Å². The van der Waals surface area contributed by atoms with Gasteiger partial charge in [0.25, 0.3) is 5.69 Å². The largest absolute Gasteiger partial charge is 0.478 e. The number of hydrogen-bond acceptors (Lipinski definition) is 4. The first-order valence-corrected chi connectivity index (χ1v) is 6.25. The molecule has 0 radical (unpaired) electrons. The van der Waals surface area contributed by atoms with Gasteiger partial charge >= 0.3 is 5.97 Å². The first-order chi connectivity index (χ1) is 9.90. The molecule has 6 heteroatoms. The van der Waals surface area contributed by atoms with Crippen LogP contribution in [-0.2, 0) is 0 Å². The fourth-order valence-corrected chi connectivity index (χ4v) is 2.01. The average Bonchev–Trinajstić information content (AvgIpc) is 2.42. The summed E-state index contributed by atoms with van der Waals surface area (Å²) in [5.41, 5.74) is 2.07. The van der Waals surface area contributed by atoms with Crippen LogP contribution >= 0.6 is 0 Å². The van der Waals surface area contributed by atoms with Crippen LogP contribution in [-0.4, -0.2) is 16.0 Å². The summed E-state index contributed by atoms with van der Waals surface area (Å²) in [6.07, 6.45) is 0. The van der Waals surface area contributed by atoms with Crippen LogP contribution in [0, 0.1) is 24.0 Å². The molecule has 6 nitrogen and oxygen atoms in total. The molecule has 2 rings (SSSR count). The Morgan fingerprint density at radius 1 is 1.24 bits per heavy atom. The molecule has 0 spiro atoms. The van der Waals surface area contributed by atoms with Crippen LogP contribution in [0.5, 0.6) is 0 Å². The lowest BCUT2D eigenvalue weighted by Crippen LogP contribution is -2.06. The highest BCUT2D eigenvalue weighted by Crippen LogP contribution is 2.32. The van der Waals surface area contributed by atoms with E-state index in [0.29, 0.717) is 5.69 Å². The third kappa shape index (κ3) is 3.00. The first-order valence-electron chi connectivity index (χ1n) is 6.25. The number of nitro groups is 1. The summed E-state index contributed by atoms with van der Waals surface area (Å²) < 4.78 is 0. The molecule has 0 aliphatic heterocycles. The molecule has 2 aromatic rings. The molecular weight excluding hydrogens is 272 g/mol. The lowest BCUT2D eigenvalue weighted by Gasteiger charge is -2.13. The molecule has 0 amide bonds. The molecule has 0 bridgehead atoms. The molecule has 0 heterocycles. The predicted molar refractivity (Wildman–Crippen MR) is 79.3 cm³/mol. The number of carboxylic acid groups (broad SMARTS) is 1. The average molecular weight is 286 g/mol. The number of aromatic carboxylic acids is 1. The fourth-order valence-electron chi connectivity index (χ4n) is 2.01. The molecule has 0 aliphatic carbocycles. The second-order valence-electron chi connectivity index (χ2n) is 4.71. The molecule has 2 N–H and O–H groups in total. The lowest BCUT2D eigenvalue weighted by atomic mass is 10.1. The minimum atomic E-state index is -1.22. The Kier molecular flexibility index (Phi) is 3.89. The summed E-state index contributed by atoms with van der Waals surface area (Å²) in [5.74, 6) is -1.22. The smallest absolute Gasteiger partial charge is 0.338 e. The third-order valence-corrected chi connectivity index (χ3v) is 3.12. The number of hydrogen-bond donors (Lipinski definition) is 2. The highest BCUT2D eigenvalue weighted by atomic mass is 16.6. The van der Waals surface area contributed by atoms with E-state index < -0.39 is 10.9 Å². The Morgan fingerprint density at radius 3 is 2.57 bits per heavy atom. The van der Waals surface area contributed by atoms with Gasteiger partial charge < -0.3 is 10.4 Å². The van der Waals surface area contributed by atoms with Gasteiger partial charge in [-0.1, -0.05) is 18.2 Å². The van der Waals surface area contributed by atoms with Crippen LogP contribution in [0.2, 0.25) is 0 Å². The summed E-state index contributed by atoms with van der Waals surface area (Å²) in [5, 5.41) is 23.2. The van der Waals surface area contributed by atoms with E-state index in [1.165, 1.54) is 18.2 Å². The molecular formula is C15H14N2O4. The van der Waals surface area contributed by atoms with E-state index in [2.05, 4.69) is 5.32 Å². The number of carboxylic acids is 1. The van der Waals surface area contributed by atoms with Crippen molar-refractivity contribution in [3.8, 4) is 0 Å². The molecule has 21 heavy (non-hydrogen) atoms. The molecule has 0 fully saturated rings. The fraction of sp³-hybridized carbons (Fsp3) is 0.133. The molecule has 0 saturated carbocycles. The van der Waals surface area contributed by atoms with Gasteiger partial charge in [0.2, 0.25) is 0 Å². The van der Waals surface area contributed by atoms with Gasteiger partial charge in [0.1, 0.15) is 5.69 Å². The number of anilines is 2. The van der Waals surface area contributed by atoms with Gasteiger partial charge in [-0.15, -0.1) is 0 Å². The van der Waals surface area contributed by atoms with Crippen LogP contribution in [0.4, 0.5) is 17.1 Å². The van der Waals surface area contributed by atoms with E-state index in [-0.39, 0.29) is 16.9 Å². The Morgan fingerprint density at radius 2 is 1.95 bits per heavy atom. The molecule has 2 aromatic carbocycles. The number of rotatable bonds is 4. The van der Waals surface area contributed by atoms with Crippen LogP contribution in [0.15, 0.2) is 36.4 Å². The second kappa shape index (κ2) is 5.62. The zero-order chi connectivity index (χ0) is 15.6. The summed E-state index contributed by atoms with van der Waals surface area (Å²) in [6, 6.07) is 9.57. The minimum absolute atomic E-state index is 0.0105. The van der Waals surface area contributed by atoms with E-state index in [0.717, 1.165) is 11.1 Å². The highest BCUT2D eigenvalue weighted by Gasteiger charge is 2.21. The number of nitrogens with one attached hydrogen (secondary N) is 1. The molecule has 0 atom stereocenters. The van der Waals surface area contributed by atoms with Crippen molar-refractivity contribution in [3.05, 3.63) is 63.2 Å². The van der Waals surface area contributed by atoms with Crippen LogP contribution < -0.4 is 5.32 Å². The number of nitro benzene ring substituents is 1. The zero-order valence-corrected chi connectivity index (χ0v) is 11.6. The van der Waals surface area contributed by atoms with E-state index in [9.17, 15) is 20.0 Å². The van der Waals surface area contributed by atoms with E-state index in [1.54, 1.807) is 0 Å². The first kappa shape index (κ1) is 14.5. The monoisotopic (exact) mass is 286 g/mol. The van der Waals surface area contributed by atoms with Crippen molar-refractivity contribution in [1.29, 1.82) is 0 Å². The van der Waals surface area contributed by atoms with Crippen molar-refractivity contribution in [2.45, 2.75) is 13.8 Å². The Bertz CT molecular complexity index is 693. The van der Waals surface area contributed by atoms with Crippen molar-refractivity contribution in [2.24, 2.45) is 0 Å². The maximum Gasteiger partial charge on any atom is 0.338 e. The van der Waals surface area contributed by atoms with Crippen molar-refractivity contribution < 1.29 is 14.8 Å². The number of aryl methyl sites for hydroxylation is 2. The van der Waals surface area contributed by atoms with Gasteiger partial charge in [-0.05, 0) is 37.1 Å². The lowest BCUT2D eigenvalue weighted by molar-refractivity contribution is -0.383. The van der Waals surface area contributed by atoms with Gasteiger partial charge in [-0.2, -0.15) is 0 Å². The van der Waals surface area contributed by atoms with Crippen molar-refractivity contribution in [2.75, 3.05) is 5.32 Å². The van der Waals surface area contributed by atoms with Crippen molar-refractivity contribution in [3.63, 3.8) is 0 Å². The van der Waals surface area contributed by atoms with Gasteiger partial charge in [-0.3, -0.25) is 10.1 Å². The number of nitrogens with zero attached hydrogens (tertiary/aromatic N) is 1. The maximum absolute atomic E-state index is 11.3. The number of carbonyl (C=O) groups is 1. The Hall–Kier alpha value is -2.89. The normalized spacial score (nSPS) is 10.2. The molecule has 0 unspecified atom stereocenters. The van der Waals surface area contributed by atoms with Gasteiger partial charge in [-0.25, -0.2) is 4.79 Å².